The lowest BCUT2D eigenvalue weighted by molar-refractivity contribution is -0.116. The minimum Gasteiger partial charge on any atom is -0.325 e. The monoisotopic (exact) mass is 266 g/mol. The van der Waals surface area contributed by atoms with E-state index in [0.717, 1.165) is 11.3 Å². The molecule has 0 aliphatic carbocycles. The molecule has 0 fully saturated rings. The summed E-state index contributed by atoms with van der Waals surface area (Å²) in [7, 11) is 0. The molecule has 4 heteroatoms. The first-order valence-electron chi connectivity index (χ1n) is 6.46. The van der Waals surface area contributed by atoms with E-state index in [1.165, 1.54) is 0 Å². The summed E-state index contributed by atoms with van der Waals surface area (Å²) in [5.41, 5.74) is 3.04. The fraction of sp³-hybridized carbons (Fsp3) is 0.125. The van der Waals surface area contributed by atoms with E-state index in [9.17, 15) is 9.59 Å². The second-order valence-electron chi connectivity index (χ2n) is 4.83. The van der Waals surface area contributed by atoms with Crippen molar-refractivity contribution in [2.75, 3.05) is 10.6 Å². The predicted octanol–water partition coefficient (Wildman–Crippen LogP) is 2.99. The lowest BCUT2D eigenvalue weighted by Gasteiger charge is -2.08. The average Bonchev–Trinajstić information content (AvgIpc) is 2.75. The van der Waals surface area contributed by atoms with Gasteiger partial charge < -0.3 is 10.6 Å². The van der Waals surface area contributed by atoms with E-state index in [2.05, 4.69) is 10.6 Å². The summed E-state index contributed by atoms with van der Waals surface area (Å²) in [6, 6.07) is 14.5. The Balaban J connectivity index is 1.83. The largest absolute Gasteiger partial charge is 0.325 e. The molecule has 3 rings (SSSR count). The number of hydrogen-bond acceptors (Lipinski definition) is 2. The number of carbonyl (C=O) groups excluding carboxylic acids is 2. The number of hydrogen-bond donors (Lipinski definition) is 2. The summed E-state index contributed by atoms with van der Waals surface area (Å²) in [5, 5.41) is 5.65. The van der Waals surface area contributed by atoms with Gasteiger partial charge in [0.15, 0.2) is 0 Å². The highest BCUT2D eigenvalue weighted by atomic mass is 16.2. The van der Waals surface area contributed by atoms with Gasteiger partial charge in [-0.3, -0.25) is 9.59 Å². The minimum absolute atomic E-state index is 0.00784. The summed E-state index contributed by atoms with van der Waals surface area (Å²) in [5.74, 6) is -0.347. The Bertz CT molecular complexity index is 680. The van der Waals surface area contributed by atoms with E-state index in [-0.39, 0.29) is 17.7 Å². The highest BCUT2D eigenvalue weighted by Gasteiger charge is 2.26. The first-order chi connectivity index (χ1) is 9.65. The van der Waals surface area contributed by atoms with Crippen molar-refractivity contribution < 1.29 is 9.59 Å². The van der Waals surface area contributed by atoms with E-state index in [4.69, 9.17) is 0 Å². The Morgan fingerprint density at radius 3 is 2.65 bits per heavy atom. The maximum Gasteiger partial charge on any atom is 0.255 e. The smallest absolute Gasteiger partial charge is 0.255 e. The lowest BCUT2D eigenvalue weighted by atomic mass is 10.0. The number of benzene rings is 2. The summed E-state index contributed by atoms with van der Waals surface area (Å²) < 4.78 is 0. The molecular weight excluding hydrogens is 252 g/mol. The molecule has 1 aliphatic rings. The molecule has 1 heterocycles. The zero-order valence-electron chi connectivity index (χ0n) is 11.0. The fourth-order valence-electron chi connectivity index (χ4n) is 2.29. The molecule has 2 N–H and O–H groups in total. The molecule has 0 spiro atoms. The van der Waals surface area contributed by atoms with Gasteiger partial charge in [0, 0.05) is 16.9 Å². The third-order valence-corrected chi connectivity index (χ3v) is 3.46. The number of nitrogens with one attached hydrogen (secondary N) is 2. The SMILES string of the molecule is CC1C(=O)Nc2ccc(NC(=O)c3ccccc3)cc21. The molecular formula is C16H14N2O2. The molecule has 1 atom stereocenters. The molecule has 2 aromatic rings. The molecule has 0 bridgehead atoms. The Hall–Kier alpha value is -2.62. The lowest BCUT2D eigenvalue weighted by Crippen LogP contribution is -2.11. The molecule has 2 aromatic carbocycles. The predicted molar refractivity (Wildman–Crippen MR) is 77.9 cm³/mol. The third kappa shape index (κ3) is 2.16. The standard InChI is InChI=1S/C16H14N2O2/c1-10-13-9-12(7-8-14(13)18-15(10)19)17-16(20)11-5-3-2-4-6-11/h2-10H,1H3,(H,17,20)(H,18,19). The molecule has 1 unspecified atom stereocenters. The summed E-state index contributed by atoms with van der Waals surface area (Å²) in [6.45, 7) is 1.85. The Kier molecular flexibility index (Phi) is 2.99. The van der Waals surface area contributed by atoms with Crippen LogP contribution in [0, 0.1) is 0 Å². The van der Waals surface area contributed by atoms with Gasteiger partial charge in [-0.15, -0.1) is 0 Å². The molecule has 0 aromatic heterocycles. The van der Waals surface area contributed by atoms with Gasteiger partial charge in [0.2, 0.25) is 5.91 Å². The second kappa shape index (κ2) is 4.81. The zero-order chi connectivity index (χ0) is 14.1. The highest BCUT2D eigenvalue weighted by Crippen LogP contribution is 2.34. The van der Waals surface area contributed by atoms with Crippen LogP contribution < -0.4 is 10.6 Å². The van der Waals surface area contributed by atoms with Crippen molar-refractivity contribution in [1.82, 2.24) is 0 Å². The maximum atomic E-state index is 12.1. The zero-order valence-corrected chi connectivity index (χ0v) is 11.0. The van der Waals surface area contributed by atoms with Crippen LogP contribution in [0.2, 0.25) is 0 Å². The van der Waals surface area contributed by atoms with Crippen molar-refractivity contribution in [3.05, 3.63) is 59.7 Å². The molecule has 0 radical (unpaired) electrons. The van der Waals surface area contributed by atoms with Crippen LogP contribution in [0.4, 0.5) is 11.4 Å². The van der Waals surface area contributed by atoms with E-state index >= 15 is 0 Å². The normalized spacial score (nSPS) is 16.4. The Morgan fingerprint density at radius 1 is 1.15 bits per heavy atom. The van der Waals surface area contributed by atoms with Crippen LogP contribution in [0.25, 0.3) is 0 Å². The van der Waals surface area contributed by atoms with E-state index in [1.54, 1.807) is 18.2 Å². The third-order valence-electron chi connectivity index (χ3n) is 3.46. The molecule has 0 saturated carbocycles. The molecule has 1 aliphatic heterocycles. The van der Waals surface area contributed by atoms with Gasteiger partial charge in [0.1, 0.15) is 0 Å². The van der Waals surface area contributed by atoms with Crippen LogP contribution in [-0.4, -0.2) is 11.8 Å². The van der Waals surface area contributed by atoms with Gasteiger partial charge in [0.05, 0.1) is 5.92 Å². The van der Waals surface area contributed by atoms with Crippen molar-refractivity contribution in [2.45, 2.75) is 12.8 Å². The second-order valence-corrected chi connectivity index (χ2v) is 4.83. The van der Waals surface area contributed by atoms with Crippen LogP contribution in [0.5, 0.6) is 0 Å². The number of carbonyl (C=O) groups is 2. The van der Waals surface area contributed by atoms with Crippen molar-refractivity contribution in [2.24, 2.45) is 0 Å². The van der Waals surface area contributed by atoms with Gasteiger partial charge in [-0.25, -0.2) is 0 Å². The summed E-state index contributed by atoms with van der Waals surface area (Å²) in [6.07, 6.45) is 0. The van der Waals surface area contributed by atoms with Crippen LogP contribution in [-0.2, 0) is 4.79 Å². The quantitative estimate of drug-likeness (QED) is 0.877. The molecule has 20 heavy (non-hydrogen) atoms. The average molecular weight is 266 g/mol. The van der Waals surface area contributed by atoms with Crippen molar-refractivity contribution >= 4 is 23.2 Å². The van der Waals surface area contributed by atoms with Crippen molar-refractivity contribution in [1.29, 1.82) is 0 Å². The van der Waals surface area contributed by atoms with E-state index in [1.807, 2.05) is 37.3 Å². The van der Waals surface area contributed by atoms with Crippen molar-refractivity contribution in [3.63, 3.8) is 0 Å². The van der Waals surface area contributed by atoms with Crippen LogP contribution in [0.15, 0.2) is 48.5 Å². The summed E-state index contributed by atoms with van der Waals surface area (Å²) in [4.78, 5) is 23.7. The summed E-state index contributed by atoms with van der Waals surface area (Å²) >= 11 is 0. The number of fused-ring (bicyclic) bond motifs is 1. The number of rotatable bonds is 2. The van der Waals surface area contributed by atoms with Crippen LogP contribution >= 0.6 is 0 Å². The molecule has 2 amide bonds. The van der Waals surface area contributed by atoms with Gasteiger partial charge in [0.25, 0.3) is 5.91 Å². The van der Waals surface area contributed by atoms with E-state index in [0.29, 0.717) is 11.3 Å². The van der Waals surface area contributed by atoms with Crippen molar-refractivity contribution in [3.8, 4) is 0 Å². The highest BCUT2D eigenvalue weighted by molar-refractivity contribution is 6.06. The first kappa shape index (κ1) is 12.4. The Labute approximate surface area is 116 Å². The van der Waals surface area contributed by atoms with Gasteiger partial charge in [-0.1, -0.05) is 18.2 Å². The first-order valence-corrected chi connectivity index (χ1v) is 6.46. The maximum absolute atomic E-state index is 12.1. The van der Waals surface area contributed by atoms with E-state index < -0.39 is 0 Å². The van der Waals surface area contributed by atoms with Gasteiger partial charge in [-0.05, 0) is 42.8 Å². The fourth-order valence-corrected chi connectivity index (χ4v) is 2.29. The van der Waals surface area contributed by atoms with Gasteiger partial charge >= 0.3 is 0 Å². The minimum atomic E-state index is -0.182. The number of amides is 2. The molecule has 0 saturated heterocycles. The Morgan fingerprint density at radius 2 is 1.90 bits per heavy atom. The van der Waals surface area contributed by atoms with Crippen LogP contribution in [0.1, 0.15) is 28.8 Å². The van der Waals surface area contributed by atoms with Gasteiger partial charge in [-0.2, -0.15) is 0 Å². The molecule has 4 nitrogen and oxygen atoms in total. The topological polar surface area (TPSA) is 58.2 Å². The van der Waals surface area contributed by atoms with Crippen LogP contribution in [0.3, 0.4) is 0 Å². The number of anilines is 2. The molecule has 100 valence electrons.